The lowest BCUT2D eigenvalue weighted by atomic mass is 10.1. The van der Waals surface area contributed by atoms with E-state index in [1.807, 2.05) is 32.2 Å². The normalized spacial score (nSPS) is 11.8. The van der Waals surface area contributed by atoms with Crippen LogP contribution in [0.1, 0.15) is 41.5 Å². The number of nitrogens with zero attached hydrogens (tertiary/aromatic N) is 3. The molecule has 1 unspecified atom stereocenters. The molecule has 0 bridgehead atoms. The maximum atomic E-state index is 11.5. The number of pyridine rings is 1. The minimum Gasteiger partial charge on any atom is -0.462 e. The summed E-state index contributed by atoms with van der Waals surface area (Å²) >= 11 is 0. The van der Waals surface area contributed by atoms with Crippen LogP contribution in [0.25, 0.3) is 0 Å². The zero-order valence-electron chi connectivity index (χ0n) is 12.3. The van der Waals surface area contributed by atoms with Crippen LogP contribution in [-0.4, -0.2) is 27.5 Å². The van der Waals surface area contributed by atoms with Gasteiger partial charge in [-0.25, -0.2) is 14.8 Å². The summed E-state index contributed by atoms with van der Waals surface area (Å²) in [6, 6.07) is 3.98. The molecule has 1 N–H and O–H groups in total. The van der Waals surface area contributed by atoms with Crippen molar-refractivity contribution >= 4 is 11.9 Å². The Morgan fingerprint density at radius 1 is 1.24 bits per heavy atom. The zero-order chi connectivity index (χ0) is 15.2. The van der Waals surface area contributed by atoms with Gasteiger partial charge in [0.05, 0.1) is 18.2 Å². The number of esters is 1. The molecule has 0 saturated carbocycles. The highest BCUT2D eigenvalue weighted by Gasteiger charge is 2.10. The zero-order valence-corrected chi connectivity index (χ0v) is 12.3. The van der Waals surface area contributed by atoms with E-state index in [0.717, 1.165) is 11.3 Å². The van der Waals surface area contributed by atoms with Crippen LogP contribution in [-0.2, 0) is 4.74 Å². The summed E-state index contributed by atoms with van der Waals surface area (Å²) in [6.07, 6.45) is 4.72. The largest absolute Gasteiger partial charge is 0.462 e. The van der Waals surface area contributed by atoms with Crippen molar-refractivity contribution in [2.45, 2.75) is 26.8 Å². The average molecular weight is 286 g/mol. The summed E-state index contributed by atoms with van der Waals surface area (Å²) in [4.78, 5) is 24.0. The molecule has 21 heavy (non-hydrogen) atoms. The Morgan fingerprint density at radius 3 is 2.52 bits per heavy atom. The molecule has 2 aromatic rings. The highest BCUT2D eigenvalue weighted by atomic mass is 16.5. The van der Waals surface area contributed by atoms with Gasteiger partial charge in [-0.1, -0.05) is 6.07 Å². The Bertz CT molecular complexity index is 596. The molecule has 0 aliphatic carbocycles. The number of anilines is 1. The molecule has 6 heteroatoms. The van der Waals surface area contributed by atoms with Crippen molar-refractivity contribution in [3.05, 3.63) is 47.5 Å². The van der Waals surface area contributed by atoms with Crippen LogP contribution in [0.2, 0.25) is 0 Å². The average Bonchev–Trinajstić information content (AvgIpc) is 2.49. The molecule has 0 aliphatic rings. The van der Waals surface area contributed by atoms with Crippen molar-refractivity contribution in [3.63, 3.8) is 0 Å². The lowest BCUT2D eigenvalue weighted by molar-refractivity contribution is 0.0525. The Hall–Kier alpha value is -2.50. The van der Waals surface area contributed by atoms with E-state index >= 15 is 0 Å². The summed E-state index contributed by atoms with van der Waals surface area (Å²) in [7, 11) is 0. The fraction of sp³-hybridized carbons (Fsp3) is 0.333. The van der Waals surface area contributed by atoms with E-state index in [4.69, 9.17) is 4.74 Å². The number of hydrogen-bond donors (Lipinski definition) is 1. The van der Waals surface area contributed by atoms with E-state index in [-0.39, 0.29) is 6.04 Å². The lowest BCUT2D eigenvalue weighted by Crippen LogP contribution is -2.11. The number of rotatable bonds is 5. The SMILES string of the molecule is CCOC(=O)c1cnc(NC(C)c2ccc(C)nc2)nc1. The van der Waals surface area contributed by atoms with Crippen LogP contribution in [0.3, 0.4) is 0 Å². The van der Waals surface area contributed by atoms with Crippen LogP contribution in [0.4, 0.5) is 5.95 Å². The van der Waals surface area contributed by atoms with E-state index in [2.05, 4.69) is 20.3 Å². The van der Waals surface area contributed by atoms with Crippen LogP contribution >= 0.6 is 0 Å². The molecular weight excluding hydrogens is 268 g/mol. The molecule has 0 radical (unpaired) electrons. The number of aryl methyl sites for hydroxylation is 1. The Kier molecular flexibility index (Phi) is 4.81. The quantitative estimate of drug-likeness (QED) is 0.851. The molecule has 0 fully saturated rings. The van der Waals surface area contributed by atoms with Gasteiger partial charge in [0.15, 0.2) is 0 Å². The topological polar surface area (TPSA) is 77.0 Å². The first-order valence-electron chi connectivity index (χ1n) is 6.78. The number of hydrogen-bond acceptors (Lipinski definition) is 6. The monoisotopic (exact) mass is 286 g/mol. The molecule has 0 saturated heterocycles. The molecule has 0 amide bonds. The van der Waals surface area contributed by atoms with Gasteiger partial charge in [-0.05, 0) is 32.4 Å². The van der Waals surface area contributed by atoms with E-state index in [0.29, 0.717) is 18.1 Å². The van der Waals surface area contributed by atoms with Crippen LogP contribution in [0.5, 0.6) is 0 Å². The van der Waals surface area contributed by atoms with Crippen molar-refractivity contribution in [2.75, 3.05) is 11.9 Å². The second-order valence-corrected chi connectivity index (χ2v) is 4.61. The van der Waals surface area contributed by atoms with Crippen molar-refractivity contribution in [2.24, 2.45) is 0 Å². The first-order valence-corrected chi connectivity index (χ1v) is 6.78. The van der Waals surface area contributed by atoms with Crippen molar-refractivity contribution in [3.8, 4) is 0 Å². The molecule has 2 heterocycles. The summed E-state index contributed by atoms with van der Waals surface area (Å²) in [6.45, 7) is 6.02. The van der Waals surface area contributed by atoms with Gasteiger partial charge < -0.3 is 10.1 Å². The number of nitrogens with one attached hydrogen (secondary N) is 1. The maximum Gasteiger partial charge on any atom is 0.341 e. The van der Waals surface area contributed by atoms with E-state index in [9.17, 15) is 4.79 Å². The summed E-state index contributed by atoms with van der Waals surface area (Å²) in [5, 5.41) is 3.16. The summed E-state index contributed by atoms with van der Waals surface area (Å²) in [5.74, 6) is 0.0379. The maximum absolute atomic E-state index is 11.5. The third-order valence-corrected chi connectivity index (χ3v) is 2.94. The van der Waals surface area contributed by atoms with Gasteiger partial charge in [0.2, 0.25) is 5.95 Å². The Morgan fingerprint density at radius 2 is 1.95 bits per heavy atom. The second-order valence-electron chi connectivity index (χ2n) is 4.61. The minimum absolute atomic E-state index is 0.0199. The predicted molar refractivity (Wildman–Crippen MR) is 79.0 cm³/mol. The van der Waals surface area contributed by atoms with E-state index in [1.54, 1.807) is 6.92 Å². The minimum atomic E-state index is -0.417. The third kappa shape index (κ3) is 3.98. The first kappa shape index (κ1) is 14.9. The molecule has 0 aliphatic heterocycles. The van der Waals surface area contributed by atoms with Crippen LogP contribution in [0, 0.1) is 6.92 Å². The van der Waals surface area contributed by atoms with Crippen LogP contribution in [0.15, 0.2) is 30.7 Å². The second kappa shape index (κ2) is 6.78. The fourth-order valence-corrected chi connectivity index (χ4v) is 1.73. The number of ether oxygens (including phenoxy) is 1. The molecular formula is C15H18N4O2. The van der Waals surface area contributed by atoms with Crippen molar-refractivity contribution in [1.82, 2.24) is 15.0 Å². The molecule has 2 aromatic heterocycles. The smallest absolute Gasteiger partial charge is 0.341 e. The lowest BCUT2D eigenvalue weighted by Gasteiger charge is -2.14. The van der Waals surface area contributed by atoms with Gasteiger partial charge in [0.1, 0.15) is 0 Å². The fourth-order valence-electron chi connectivity index (χ4n) is 1.73. The van der Waals surface area contributed by atoms with E-state index in [1.165, 1.54) is 12.4 Å². The van der Waals surface area contributed by atoms with E-state index < -0.39 is 5.97 Å². The molecule has 0 spiro atoms. The van der Waals surface area contributed by atoms with Crippen molar-refractivity contribution in [1.29, 1.82) is 0 Å². The van der Waals surface area contributed by atoms with Gasteiger partial charge in [-0.15, -0.1) is 0 Å². The number of carbonyl (C=O) groups excluding carboxylic acids is 1. The highest BCUT2D eigenvalue weighted by Crippen LogP contribution is 2.16. The first-order chi connectivity index (χ1) is 10.1. The van der Waals surface area contributed by atoms with Gasteiger partial charge in [0.25, 0.3) is 0 Å². The van der Waals surface area contributed by atoms with Gasteiger partial charge in [-0.2, -0.15) is 0 Å². The van der Waals surface area contributed by atoms with Gasteiger partial charge in [-0.3, -0.25) is 4.98 Å². The summed E-state index contributed by atoms with van der Waals surface area (Å²) < 4.78 is 4.88. The predicted octanol–water partition coefficient (Wildman–Crippen LogP) is 2.53. The number of aromatic nitrogens is 3. The third-order valence-electron chi connectivity index (χ3n) is 2.94. The van der Waals surface area contributed by atoms with Gasteiger partial charge >= 0.3 is 5.97 Å². The molecule has 1 atom stereocenters. The molecule has 6 nitrogen and oxygen atoms in total. The number of carbonyl (C=O) groups is 1. The summed E-state index contributed by atoms with van der Waals surface area (Å²) in [5.41, 5.74) is 2.35. The highest BCUT2D eigenvalue weighted by molar-refractivity contribution is 5.88. The molecule has 110 valence electrons. The van der Waals surface area contributed by atoms with Crippen molar-refractivity contribution < 1.29 is 9.53 Å². The Labute approximate surface area is 123 Å². The molecule has 2 rings (SSSR count). The Balaban J connectivity index is 2.02. The standard InChI is InChI=1S/C15H18N4O2/c1-4-21-14(20)13-8-17-15(18-9-13)19-11(3)12-6-5-10(2)16-7-12/h5-9,11H,4H2,1-3H3,(H,17,18,19). The molecule has 0 aromatic carbocycles. The van der Waals surface area contributed by atoms with Crippen LogP contribution < -0.4 is 5.32 Å². The van der Waals surface area contributed by atoms with Gasteiger partial charge in [0, 0.05) is 24.3 Å².